The summed E-state index contributed by atoms with van der Waals surface area (Å²) in [5.74, 6) is -1.75. The van der Waals surface area contributed by atoms with Crippen LogP contribution in [0.15, 0.2) is 36.4 Å². The van der Waals surface area contributed by atoms with E-state index in [0.29, 0.717) is 25.0 Å². The zero-order valence-corrected chi connectivity index (χ0v) is 15.5. The first-order valence-electron chi connectivity index (χ1n) is 9.10. The number of halogens is 5. The fraction of sp³-hybridized carbons (Fsp3) is 0.300. The molecule has 1 N–H and O–H groups in total. The van der Waals surface area contributed by atoms with E-state index in [1.165, 1.54) is 6.07 Å². The minimum absolute atomic E-state index is 0.186. The molecule has 1 heterocycles. The molecule has 31 heavy (non-hydrogen) atoms. The Hall–Kier alpha value is -3.37. The van der Waals surface area contributed by atoms with E-state index in [-0.39, 0.29) is 17.4 Å². The second-order valence-corrected chi connectivity index (χ2v) is 6.96. The van der Waals surface area contributed by atoms with Crippen LogP contribution in [0.2, 0.25) is 0 Å². The maximum absolute atomic E-state index is 12.9. The van der Waals surface area contributed by atoms with Gasteiger partial charge in [-0.1, -0.05) is 6.07 Å². The van der Waals surface area contributed by atoms with Gasteiger partial charge in [0.1, 0.15) is 5.75 Å². The van der Waals surface area contributed by atoms with Crippen molar-refractivity contribution in [2.45, 2.75) is 37.7 Å². The highest BCUT2D eigenvalue weighted by atomic mass is 19.4. The molecule has 0 radical (unpaired) electrons. The zero-order valence-electron chi connectivity index (χ0n) is 15.5. The lowest BCUT2D eigenvalue weighted by Gasteiger charge is -2.17. The van der Waals surface area contributed by atoms with Gasteiger partial charge in [-0.05, 0) is 54.3 Å². The number of cyclic esters (lactones) is 1. The van der Waals surface area contributed by atoms with Crippen LogP contribution < -0.4 is 14.8 Å². The smallest absolute Gasteiger partial charge is 0.416 e. The average molecular weight is 443 g/mol. The molecular formula is C20H14F5NO5. The van der Waals surface area contributed by atoms with Crippen LogP contribution in [0.5, 0.6) is 17.2 Å². The van der Waals surface area contributed by atoms with Crippen LogP contribution in [-0.4, -0.2) is 24.7 Å². The second kappa shape index (κ2) is 7.71. The number of rotatable bonds is 5. The molecule has 2 amide bonds. The summed E-state index contributed by atoms with van der Waals surface area (Å²) in [6.07, 6.45) is -5.42. The van der Waals surface area contributed by atoms with Crippen molar-refractivity contribution in [3.63, 3.8) is 0 Å². The Balaban J connectivity index is 1.58. The minimum Gasteiger partial charge on any atom is -0.453 e. The van der Waals surface area contributed by atoms with Gasteiger partial charge in [0.2, 0.25) is 0 Å². The Morgan fingerprint density at radius 1 is 1.06 bits per heavy atom. The number of carbonyl (C=O) groups excluding carboxylic acids is 2. The molecule has 0 saturated carbocycles. The van der Waals surface area contributed by atoms with Crippen LogP contribution >= 0.6 is 0 Å². The summed E-state index contributed by atoms with van der Waals surface area (Å²) in [6.45, 7) is -3.34. The average Bonchev–Trinajstić information content (AvgIpc) is 3.23. The molecule has 0 bridgehead atoms. The van der Waals surface area contributed by atoms with Crippen LogP contribution in [0.1, 0.15) is 29.0 Å². The topological polar surface area (TPSA) is 73.9 Å². The summed E-state index contributed by atoms with van der Waals surface area (Å²) in [5, 5.41) is 2.08. The SMILES string of the molecule is O=C1NC(=O)C([C@@H]2CCc3cc(Oc4ccc(C(F)(F)F)cc4OC(F)F)ccc32)O1. The number of benzene rings is 2. The molecule has 2 atom stereocenters. The molecule has 1 aliphatic carbocycles. The first-order valence-corrected chi connectivity index (χ1v) is 9.10. The summed E-state index contributed by atoms with van der Waals surface area (Å²) < 4.78 is 78.7. The minimum atomic E-state index is -4.74. The lowest BCUT2D eigenvalue weighted by atomic mass is 9.95. The molecule has 1 aliphatic heterocycles. The molecule has 1 unspecified atom stereocenters. The van der Waals surface area contributed by atoms with Gasteiger partial charge in [0.05, 0.1) is 5.56 Å². The van der Waals surface area contributed by atoms with Gasteiger partial charge in [0.25, 0.3) is 5.91 Å². The molecule has 4 rings (SSSR count). The van der Waals surface area contributed by atoms with Crippen LogP contribution in [-0.2, 0) is 22.1 Å². The monoisotopic (exact) mass is 443 g/mol. The summed E-state index contributed by atoms with van der Waals surface area (Å²) in [7, 11) is 0. The van der Waals surface area contributed by atoms with E-state index in [2.05, 4.69) is 10.1 Å². The number of nitrogens with one attached hydrogen (secondary N) is 1. The van der Waals surface area contributed by atoms with E-state index in [9.17, 15) is 31.5 Å². The number of carbonyl (C=O) groups is 2. The van der Waals surface area contributed by atoms with Crippen molar-refractivity contribution >= 4 is 12.0 Å². The summed E-state index contributed by atoms with van der Waals surface area (Å²) >= 11 is 0. The van der Waals surface area contributed by atoms with Gasteiger partial charge < -0.3 is 14.2 Å². The maximum Gasteiger partial charge on any atom is 0.416 e. The van der Waals surface area contributed by atoms with E-state index >= 15 is 0 Å². The van der Waals surface area contributed by atoms with Crippen molar-refractivity contribution in [1.29, 1.82) is 0 Å². The Bertz CT molecular complexity index is 1040. The number of amides is 2. The highest BCUT2D eigenvalue weighted by molar-refractivity contribution is 6.00. The fourth-order valence-corrected chi connectivity index (χ4v) is 3.72. The van der Waals surface area contributed by atoms with Crippen LogP contribution in [0.3, 0.4) is 0 Å². The molecule has 164 valence electrons. The Labute approximate surface area is 171 Å². The van der Waals surface area contributed by atoms with Crippen molar-refractivity contribution in [2.24, 2.45) is 0 Å². The number of ether oxygens (including phenoxy) is 3. The van der Waals surface area contributed by atoms with Crippen molar-refractivity contribution in [3.8, 4) is 17.2 Å². The van der Waals surface area contributed by atoms with Crippen molar-refractivity contribution in [1.82, 2.24) is 5.32 Å². The lowest BCUT2D eigenvalue weighted by Crippen LogP contribution is -2.28. The van der Waals surface area contributed by atoms with Crippen molar-refractivity contribution in [3.05, 3.63) is 53.1 Å². The number of alkyl halides is 5. The molecule has 2 aromatic rings. The molecule has 11 heteroatoms. The van der Waals surface area contributed by atoms with Crippen molar-refractivity contribution in [2.75, 3.05) is 0 Å². The predicted molar refractivity (Wildman–Crippen MR) is 94.1 cm³/mol. The van der Waals surface area contributed by atoms with Crippen LogP contribution in [0, 0.1) is 0 Å². The van der Waals surface area contributed by atoms with Gasteiger partial charge >= 0.3 is 18.9 Å². The molecule has 2 aromatic carbocycles. The largest absolute Gasteiger partial charge is 0.453 e. The molecule has 1 saturated heterocycles. The normalized spacial score (nSPS) is 20.5. The third-order valence-corrected chi connectivity index (χ3v) is 5.04. The fourth-order valence-electron chi connectivity index (χ4n) is 3.72. The van der Waals surface area contributed by atoms with E-state index in [1.54, 1.807) is 12.1 Å². The van der Waals surface area contributed by atoms with E-state index in [1.807, 2.05) is 0 Å². The molecule has 0 spiro atoms. The van der Waals surface area contributed by atoms with Gasteiger partial charge in [-0.15, -0.1) is 0 Å². The van der Waals surface area contributed by atoms with Gasteiger partial charge in [-0.25, -0.2) is 4.79 Å². The standard InChI is InChI=1S/C20H14F5NO5/c21-18(22)30-15-8-10(20(23,24)25)2-6-14(15)29-11-3-5-12-9(7-11)1-4-13(12)16-17(27)26-19(28)31-16/h2-3,5-8,13,16,18H,1,4H2,(H,26,27,28)/t13-,16?/m1/s1. The first-order chi connectivity index (χ1) is 14.6. The van der Waals surface area contributed by atoms with Gasteiger partial charge in [-0.2, -0.15) is 22.0 Å². The Kier molecular flexibility index (Phi) is 5.19. The highest BCUT2D eigenvalue weighted by Gasteiger charge is 2.42. The number of alkyl carbamates (subject to hydrolysis) is 1. The number of imide groups is 1. The zero-order chi connectivity index (χ0) is 22.3. The predicted octanol–water partition coefficient (Wildman–Crippen LogP) is 4.76. The number of fused-ring (bicyclic) bond motifs is 1. The highest BCUT2D eigenvalue weighted by Crippen LogP contribution is 2.42. The Morgan fingerprint density at radius 3 is 2.48 bits per heavy atom. The van der Waals surface area contributed by atoms with Crippen LogP contribution in [0.4, 0.5) is 26.7 Å². The first kappa shape index (κ1) is 20.9. The Morgan fingerprint density at radius 2 is 1.84 bits per heavy atom. The molecular weight excluding hydrogens is 429 g/mol. The molecule has 1 fully saturated rings. The summed E-state index contributed by atoms with van der Waals surface area (Å²) in [4.78, 5) is 23.2. The van der Waals surface area contributed by atoms with Gasteiger partial charge in [0.15, 0.2) is 17.6 Å². The second-order valence-electron chi connectivity index (χ2n) is 6.96. The van der Waals surface area contributed by atoms with Crippen LogP contribution in [0.25, 0.3) is 0 Å². The quantitative estimate of drug-likeness (QED) is 0.675. The van der Waals surface area contributed by atoms with Crippen molar-refractivity contribution < 1.29 is 45.8 Å². The third-order valence-electron chi connectivity index (χ3n) is 5.04. The number of hydrogen-bond acceptors (Lipinski definition) is 5. The van der Waals surface area contributed by atoms with Gasteiger partial charge in [-0.3, -0.25) is 10.1 Å². The maximum atomic E-state index is 12.9. The van der Waals surface area contributed by atoms with Gasteiger partial charge in [0, 0.05) is 5.92 Å². The molecule has 2 aliphatic rings. The third kappa shape index (κ3) is 4.25. The summed E-state index contributed by atoms with van der Waals surface area (Å²) in [5.41, 5.74) is 0.386. The summed E-state index contributed by atoms with van der Waals surface area (Å²) in [6, 6.07) is 6.75. The lowest BCUT2D eigenvalue weighted by molar-refractivity contribution is -0.138. The molecule has 6 nitrogen and oxygen atoms in total. The van der Waals surface area contributed by atoms with E-state index in [4.69, 9.17) is 9.47 Å². The number of aryl methyl sites for hydroxylation is 1. The number of hydrogen-bond donors (Lipinski definition) is 1. The van der Waals surface area contributed by atoms with E-state index in [0.717, 1.165) is 17.2 Å². The molecule has 0 aromatic heterocycles. The van der Waals surface area contributed by atoms with E-state index < -0.39 is 42.2 Å².